The fourth-order valence-electron chi connectivity index (χ4n) is 9.60. The van der Waals surface area contributed by atoms with Crippen LogP contribution >= 0.6 is 0 Å². The number of fused-ring (bicyclic) bond motifs is 4. The molecule has 0 aliphatic heterocycles. The molecule has 0 unspecified atom stereocenters. The van der Waals surface area contributed by atoms with Crippen molar-refractivity contribution in [2.45, 2.75) is 0 Å². The second-order valence-corrected chi connectivity index (χ2v) is 16.3. The molecule has 2 aromatic heterocycles. The minimum absolute atomic E-state index is 0.948. The zero-order valence-corrected chi connectivity index (χ0v) is 35.0. The van der Waals surface area contributed by atoms with Gasteiger partial charge in [0.15, 0.2) is 0 Å². The van der Waals surface area contributed by atoms with E-state index in [1.807, 2.05) is 0 Å². The molecule has 0 fully saturated rings. The van der Waals surface area contributed by atoms with E-state index in [1.54, 1.807) is 0 Å². The van der Waals surface area contributed by atoms with E-state index >= 15 is 0 Å². The summed E-state index contributed by atoms with van der Waals surface area (Å²) in [7, 11) is 0. The standard InChI is InChI=1S/C61H41N3/c1-3-18-45(19-4-1)60-59(48-32-31-42-17-7-8-22-47(42)41-48)61(46-20-5-2-6-21-46)64(62-60)50-39-35-44(36-40-50)52-24-10-12-26-54(52)53-25-11-9-23-51(53)43-33-37-49(38-34-43)63-57-29-15-13-27-55(57)56-28-14-16-30-58(56)63/h1-41H. The monoisotopic (exact) mass is 815 g/mol. The van der Waals surface area contributed by atoms with Crippen molar-refractivity contribution in [3.05, 3.63) is 249 Å². The molecule has 300 valence electrons. The lowest BCUT2D eigenvalue weighted by molar-refractivity contribution is 0.892. The lowest BCUT2D eigenvalue weighted by Crippen LogP contribution is -2.00. The summed E-state index contributed by atoms with van der Waals surface area (Å²) in [6, 6.07) is 89.4. The molecule has 12 aromatic rings. The number of nitrogens with zero attached hydrogens (tertiary/aromatic N) is 3. The van der Waals surface area contributed by atoms with Gasteiger partial charge in [0.2, 0.25) is 0 Å². The normalized spacial score (nSPS) is 11.4. The molecule has 0 aliphatic carbocycles. The van der Waals surface area contributed by atoms with Crippen LogP contribution in [0.15, 0.2) is 249 Å². The van der Waals surface area contributed by atoms with Gasteiger partial charge < -0.3 is 4.57 Å². The predicted octanol–water partition coefficient (Wildman–Crippen LogP) is 16.1. The van der Waals surface area contributed by atoms with Crippen molar-refractivity contribution in [2.24, 2.45) is 0 Å². The van der Waals surface area contributed by atoms with E-state index < -0.39 is 0 Å². The van der Waals surface area contributed by atoms with Gasteiger partial charge in [-0.05, 0) is 92.2 Å². The zero-order chi connectivity index (χ0) is 42.4. The van der Waals surface area contributed by atoms with E-state index in [1.165, 1.54) is 60.4 Å². The first-order valence-corrected chi connectivity index (χ1v) is 21.9. The van der Waals surface area contributed by atoms with Gasteiger partial charge >= 0.3 is 0 Å². The fourth-order valence-corrected chi connectivity index (χ4v) is 9.60. The number of benzene rings is 10. The zero-order valence-electron chi connectivity index (χ0n) is 35.0. The van der Waals surface area contributed by atoms with Crippen LogP contribution in [0.2, 0.25) is 0 Å². The Morgan fingerprint density at radius 3 is 1.34 bits per heavy atom. The van der Waals surface area contributed by atoms with Crippen LogP contribution in [-0.4, -0.2) is 14.3 Å². The van der Waals surface area contributed by atoms with E-state index in [-0.39, 0.29) is 0 Å². The summed E-state index contributed by atoms with van der Waals surface area (Å²) in [6.45, 7) is 0. The van der Waals surface area contributed by atoms with Crippen molar-refractivity contribution in [2.75, 3.05) is 0 Å². The molecule has 0 spiro atoms. The third-order valence-electron chi connectivity index (χ3n) is 12.6. The van der Waals surface area contributed by atoms with Crippen LogP contribution in [-0.2, 0) is 0 Å². The maximum atomic E-state index is 5.46. The van der Waals surface area contributed by atoms with Gasteiger partial charge in [-0.25, -0.2) is 4.68 Å². The van der Waals surface area contributed by atoms with Gasteiger partial charge in [-0.15, -0.1) is 0 Å². The molecule has 3 heteroatoms. The first-order valence-electron chi connectivity index (χ1n) is 21.9. The average molecular weight is 816 g/mol. The highest BCUT2D eigenvalue weighted by Gasteiger charge is 2.24. The molecule has 0 saturated carbocycles. The molecule has 2 heterocycles. The van der Waals surface area contributed by atoms with Gasteiger partial charge in [-0.1, -0.05) is 206 Å². The Hall–Kier alpha value is -8.53. The summed E-state index contributed by atoms with van der Waals surface area (Å²) >= 11 is 0. The average Bonchev–Trinajstić information content (AvgIpc) is 3.94. The molecule has 0 radical (unpaired) electrons. The second-order valence-electron chi connectivity index (χ2n) is 16.3. The van der Waals surface area contributed by atoms with Crippen LogP contribution in [0, 0.1) is 0 Å². The molecule has 0 bridgehead atoms. The smallest absolute Gasteiger partial charge is 0.101 e. The Kier molecular flexibility index (Phi) is 9.16. The number of para-hydroxylation sites is 2. The molecule has 0 amide bonds. The van der Waals surface area contributed by atoms with Crippen LogP contribution in [0.25, 0.3) is 111 Å². The summed E-state index contributed by atoms with van der Waals surface area (Å²) in [5.74, 6) is 0. The minimum atomic E-state index is 0.948. The van der Waals surface area contributed by atoms with Gasteiger partial charge in [0.1, 0.15) is 5.69 Å². The van der Waals surface area contributed by atoms with Crippen LogP contribution in [0.5, 0.6) is 0 Å². The molecule has 0 aliphatic rings. The highest BCUT2D eigenvalue weighted by molar-refractivity contribution is 6.09. The Labute approximate surface area is 372 Å². The SMILES string of the molecule is c1ccc(-c2nn(-c3ccc(-c4ccccc4-c4ccccc4-c4ccc(-n5c6ccccc6c6ccccc65)cc4)cc3)c(-c3ccccc3)c2-c2ccc3ccccc3c2)cc1. The Bertz CT molecular complexity index is 3580. The number of rotatable bonds is 8. The molecule has 0 saturated heterocycles. The van der Waals surface area contributed by atoms with Gasteiger partial charge in [-0.3, -0.25) is 0 Å². The van der Waals surface area contributed by atoms with E-state index in [0.29, 0.717) is 0 Å². The first-order chi connectivity index (χ1) is 31.8. The predicted molar refractivity (Wildman–Crippen MR) is 268 cm³/mol. The third kappa shape index (κ3) is 6.42. The maximum absolute atomic E-state index is 5.46. The number of hydrogen-bond acceptors (Lipinski definition) is 1. The Balaban J connectivity index is 0.947. The van der Waals surface area contributed by atoms with Gasteiger partial charge in [-0.2, -0.15) is 5.10 Å². The van der Waals surface area contributed by atoms with Crippen LogP contribution in [0.3, 0.4) is 0 Å². The van der Waals surface area contributed by atoms with Gasteiger partial charge in [0, 0.05) is 33.2 Å². The van der Waals surface area contributed by atoms with Crippen LogP contribution in [0.4, 0.5) is 0 Å². The topological polar surface area (TPSA) is 22.8 Å². The minimum Gasteiger partial charge on any atom is -0.309 e. The summed E-state index contributed by atoms with van der Waals surface area (Å²) in [6.07, 6.45) is 0. The largest absolute Gasteiger partial charge is 0.309 e. The van der Waals surface area contributed by atoms with Crippen molar-refractivity contribution in [3.8, 4) is 78.4 Å². The summed E-state index contributed by atoms with van der Waals surface area (Å²) < 4.78 is 4.51. The van der Waals surface area contributed by atoms with E-state index in [2.05, 4.69) is 258 Å². The van der Waals surface area contributed by atoms with Gasteiger partial charge in [0.25, 0.3) is 0 Å². The molecule has 0 atom stereocenters. The maximum Gasteiger partial charge on any atom is 0.101 e. The molecule has 12 rings (SSSR count). The van der Waals surface area contributed by atoms with Gasteiger partial charge in [0.05, 0.1) is 22.4 Å². The molecule has 10 aromatic carbocycles. The van der Waals surface area contributed by atoms with Crippen LogP contribution < -0.4 is 0 Å². The lowest BCUT2D eigenvalue weighted by atomic mass is 9.89. The molecular weight excluding hydrogens is 775 g/mol. The Morgan fingerprint density at radius 2 is 0.750 bits per heavy atom. The summed E-state index contributed by atoms with van der Waals surface area (Å²) in [5, 5.41) is 10.4. The summed E-state index contributed by atoms with van der Waals surface area (Å²) in [5.41, 5.74) is 18.1. The van der Waals surface area contributed by atoms with Crippen molar-refractivity contribution in [1.29, 1.82) is 0 Å². The van der Waals surface area contributed by atoms with Crippen molar-refractivity contribution >= 4 is 32.6 Å². The van der Waals surface area contributed by atoms with E-state index in [4.69, 9.17) is 5.10 Å². The molecule has 64 heavy (non-hydrogen) atoms. The molecule has 0 N–H and O–H groups in total. The number of hydrogen-bond donors (Lipinski definition) is 0. The highest BCUT2D eigenvalue weighted by Crippen LogP contribution is 2.44. The fraction of sp³-hybridized carbons (Fsp3) is 0. The highest BCUT2D eigenvalue weighted by atomic mass is 15.3. The molecular formula is C61H41N3. The van der Waals surface area contributed by atoms with E-state index in [9.17, 15) is 0 Å². The van der Waals surface area contributed by atoms with Crippen molar-refractivity contribution in [1.82, 2.24) is 14.3 Å². The van der Waals surface area contributed by atoms with E-state index in [0.717, 1.165) is 50.6 Å². The first kappa shape index (κ1) is 37.2. The lowest BCUT2D eigenvalue weighted by Gasteiger charge is -2.16. The third-order valence-corrected chi connectivity index (χ3v) is 12.6. The Morgan fingerprint density at radius 1 is 0.297 bits per heavy atom. The van der Waals surface area contributed by atoms with Crippen LogP contribution in [0.1, 0.15) is 0 Å². The molecule has 3 nitrogen and oxygen atoms in total. The quantitative estimate of drug-likeness (QED) is 0.150. The number of aromatic nitrogens is 3. The summed E-state index contributed by atoms with van der Waals surface area (Å²) in [4.78, 5) is 0. The van der Waals surface area contributed by atoms with Crippen molar-refractivity contribution < 1.29 is 0 Å². The van der Waals surface area contributed by atoms with Crippen molar-refractivity contribution in [3.63, 3.8) is 0 Å². The second kappa shape index (κ2) is 15.7.